The van der Waals surface area contributed by atoms with E-state index in [1.165, 1.54) is 11.0 Å². The summed E-state index contributed by atoms with van der Waals surface area (Å²) in [5.41, 5.74) is 0.192. The average molecular weight is 640 g/mol. The number of amides is 3. The average Bonchev–Trinajstić information content (AvgIpc) is 2.93. The van der Waals surface area contributed by atoms with E-state index in [9.17, 15) is 24.3 Å². The number of alkyl carbamates (subject to hydrolysis) is 1. The zero-order chi connectivity index (χ0) is 34.8. The van der Waals surface area contributed by atoms with Crippen LogP contribution < -0.4 is 10.6 Å². The lowest BCUT2D eigenvalue weighted by Gasteiger charge is -2.36. The van der Waals surface area contributed by atoms with Crippen LogP contribution >= 0.6 is 0 Å². The van der Waals surface area contributed by atoms with Crippen molar-refractivity contribution < 1.29 is 33.8 Å². The SMILES string of the molecule is CCCCN(C(=O)C(NC(=O)OC(C)(C)C)C(C)C)C(C(=O)NC(Cc1ccccc1)C(=O)OC(C)(C)C)c1ccc(O)c(C)c1. The van der Waals surface area contributed by atoms with Crippen molar-refractivity contribution in [3.63, 3.8) is 0 Å². The molecule has 2 aromatic carbocycles. The Kier molecular flexibility index (Phi) is 13.6. The van der Waals surface area contributed by atoms with Gasteiger partial charge in [-0.15, -0.1) is 0 Å². The number of phenols is 1. The fraction of sp³-hybridized carbons (Fsp3) is 0.556. The van der Waals surface area contributed by atoms with Gasteiger partial charge in [0.15, 0.2) is 0 Å². The third kappa shape index (κ3) is 12.0. The Morgan fingerprint density at radius 3 is 2.02 bits per heavy atom. The molecule has 2 rings (SSSR count). The van der Waals surface area contributed by atoms with Crippen LogP contribution in [-0.4, -0.2) is 63.7 Å². The van der Waals surface area contributed by atoms with E-state index in [2.05, 4.69) is 10.6 Å². The molecular weight excluding hydrogens is 586 g/mol. The zero-order valence-corrected chi connectivity index (χ0v) is 29.1. The molecule has 0 aliphatic rings. The van der Waals surface area contributed by atoms with Crippen molar-refractivity contribution in [1.82, 2.24) is 15.5 Å². The number of rotatable bonds is 13. The summed E-state index contributed by atoms with van der Waals surface area (Å²) in [4.78, 5) is 56.5. The van der Waals surface area contributed by atoms with Gasteiger partial charge in [0.1, 0.15) is 35.1 Å². The monoisotopic (exact) mass is 639 g/mol. The van der Waals surface area contributed by atoms with Crippen molar-refractivity contribution in [1.29, 1.82) is 0 Å². The molecule has 46 heavy (non-hydrogen) atoms. The van der Waals surface area contributed by atoms with E-state index >= 15 is 0 Å². The van der Waals surface area contributed by atoms with E-state index in [0.717, 1.165) is 12.0 Å². The van der Waals surface area contributed by atoms with Gasteiger partial charge in [-0.1, -0.05) is 63.6 Å². The van der Waals surface area contributed by atoms with E-state index in [4.69, 9.17) is 9.47 Å². The van der Waals surface area contributed by atoms with Crippen LogP contribution in [0.2, 0.25) is 0 Å². The van der Waals surface area contributed by atoms with Crippen molar-refractivity contribution in [3.8, 4) is 5.75 Å². The van der Waals surface area contributed by atoms with Gasteiger partial charge in [-0.2, -0.15) is 0 Å². The van der Waals surface area contributed by atoms with Crippen LogP contribution in [-0.2, 0) is 30.3 Å². The Balaban J connectivity index is 2.63. The molecule has 0 heterocycles. The van der Waals surface area contributed by atoms with Crippen LogP contribution in [0.1, 0.15) is 97.9 Å². The zero-order valence-electron chi connectivity index (χ0n) is 29.1. The number of nitrogens with zero attached hydrogens (tertiary/aromatic N) is 1. The summed E-state index contributed by atoms with van der Waals surface area (Å²) in [6.45, 7) is 17.9. The third-order valence-corrected chi connectivity index (χ3v) is 7.03. The molecule has 0 aliphatic heterocycles. The topological polar surface area (TPSA) is 134 Å². The maximum atomic E-state index is 14.4. The molecule has 0 aliphatic carbocycles. The third-order valence-electron chi connectivity index (χ3n) is 7.03. The molecule has 0 saturated carbocycles. The van der Waals surface area contributed by atoms with Crippen molar-refractivity contribution in [2.75, 3.05) is 6.54 Å². The summed E-state index contributed by atoms with van der Waals surface area (Å²) in [7, 11) is 0. The van der Waals surface area contributed by atoms with Gasteiger partial charge < -0.3 is 30.1 Å². The first-order valence-corrected chi connectivity index (χ1v) is 16.0. The van der Waals surface area contributed by atoms with Crippen LogP contribution in [0.15, 0.2) is 48.5 Å². The maximum absolute atomic E-state index is 14.4. The molecule has 0 bridgehead atoms. The molecule has 0 fully saturated rings. The summed E-state index contributed by atoms with van der Waals surface area (Å²) >= 11 is 0. The van der Waals surface area contributed by atoms with Crippen molar-refractivity contribution in [3.05, 3.63) is 65.2 Å². The molecule has 10 nitrogen and oxygen atoms in total. The van der Waals surface area contributed by atoms with Gasteiger partial charge in [0.2, 0.25) is 11.8 Å². The molecule has 3 N–H and O–H groups in total. The highest BCUT2D eigenvalue weighted by Crippen LogP contribution is 2.29. The number of unbranched alkanes of at least 4 members (excludes halogenated alkanes) is 1. The molecular formula is C36H53N3O7. The fourth-order valence-corrected chi connectivity index (χ4v) is 4.81. The number of carbonyl (C=O) groups excluding carboxylic acids is 4. The minimum atomic E-state index is -1.19. The Labute approximate surface area is 274 Å². The molecule has 3 atom stereocenters. The predicted octanol–water partition coefficient (Wildman–Crippen LogP) is 5.99. The lowest BCUT2D eigenvalue weighted by Crippen LogP contribution is -2.56. The summed E-state index contributed by atoms with van der Waals surface area (Å²) < 4.78 is 11.1. The number of benzene rings is 2. The Bertz CT molecular complexity index is 1330. The largest absolute Gasteiger partial charge is 0.508 e. The molecule has 10 heteroatoms. The van der Waals surface area contributed by atoms with Crippen LogP contribution in [0.4, 0.5) is 4.79 Å². The van der Waals surface area contributed by atoms with Crippen LogP contribution in [0.3, 0.4) is 0 Å². The molecule has 3 amide bonds. The number of esters is 1. The number of aryl methyl sites for hydroxylation is 1. The van der Waals surface area contributed by atoms with Gasteiger partial charge in [0.25, 0.3) is 0 Å². The predicted molar refractivity (Wildman–Crippen MR) is 178 cm³/mol. The number of aromatic hydroxyl groups is 1. The quantitative estimate of drug-likeness (QED) is 0.229. The first-order chi connectivity index (χ1) is 21.3. The summed E-state index contributed by atoms with van der Waals surface area (Å²) in [6.07, 6.45) is 0.723. The smallest absolute Gasteiger partial charge is 0.408 e. The van der Waals surface area contributed by atoms with E-state index in [1.807, 2.05) is 37.3 Å². The lowest BCUT2D eigenvalue weighted by molar-refractivity contribution is -0.159. The van der Waals surface area contributed by atoms with Crippen LogP contribution in [0.25, 0.3) is 0 Å². The van der Waals surface area contributed by atoms with E-state index < -0.39 is 53.2 Å². The Morgan fingerprint density at radius 2 is 1.50 bits per heavy atom. The second-order valence-electron chi connectivity index (χ2n) is 14.0. The van der Waals surface area contributed by atoms with E-state index in [-0.39, 0.29) is 24.6 Å². The number of phenolic OH excluding ortho intramolecular Hbond substituents is 1. The molecule has 254 valence electrons. The van der Waals surface area contributed by atoms with Gasteiger partial charge in [0, 0.05) is 13.0 Å². The second-order valence-corrected chi connectivity index (χ2v) is 14.0. The lowest BCUT2D eigenvalue weighted by atomic mass is 9.96. The second kappa shape index (κ2) is 16.5. The highest BCUT2D eigenvalue weighted by atomic mass is 16.6. The standard InChI is InChI=1S/C36H53N3O7/c1-11-12-20-39(32(42)29(23(2)3)38-34(44)46-36(8,9)10)30(26-18-19-28(40)24(4)21-26)31(41)37-27(33(43)45-35(5,6)7)22-25-16-14-13-15-17-25/h13-19,21,23,27,29-30,40H,11-12,20,22H2,1-10H3,(H,37,41)(H,38,44). The van der Waals surface area contributed by atoms with E-state index in [0.29, 0.717) is 17.5 Å². The van der Waals surface area contributed by atoms with Gasteiger partial charge in [-0.25, -0.2) is 9.59 Å². The van der Waals surface area contributed by atoms with Gasteiger partial charge in [-0.05, 0) is 89.6 Å². The molecule has 0 spiro atoms. The van der Waals surface area contributed by atoms with Crippen molar-refractivity contribution in [2.45, 2.75) is 118 Å². The highest BCUT2D eigenvalue weighted by Gasteiger charge is 2.39. The Hall–Kier alpha value is -4.08. The highest BCUT2D eigenvalue weighted by molar-refractivity contribution is 5.94. The molecule has 2 aromatic rings. The van der Waals surface area contributed by atoms with Crippen LogP contribution in [0.5, 0.6) is 5.75 Å². The Morgan fingerprint density at radius 1 is 0.891 bits per heavy atom. The molecule has 3 unspecified atom stereocenters. The number of ether oxygens (including phenoxy) is 2. The molecule has 0 saturated heterocycles. The number of hydrogen-bond donors (Lipinski definition) is 3. The normalized spacial score (nSPS) is 13.7. The van der Waals surface area contributed by atoms with Crippen molar-refractivity contribution in [2.24, 2.45) is 5.92 Å². The summed E-state index contributed by atoms with van der Waals surface area (Å²) in [6, 6.07) is 10.7. The first kappa shape index (κ1) is 38.1. The van der Waals surface area contributed by atoms with Gasteiger partial charge in [-0.3, -0.25) is 9.59 Å². The first-order valence-electron chi connectivity index (χ1n) is 16.0. The summed E-state index contributed by atoms with van der Waals surface area (Å²) in [5, 5.41) is 15.9. The molecule has 0 aromatic heterocycles. The van der Waals surface area contributed by atoms with E-state index in [1.54, 1.807) is 74.4 Å². The minimum Gasteiger partial charge on any atom is -0.508 e. The number of hydrogen-bond acceptors (Lipinski definition) is 7. The van der Waals surface area contributed by atoms with Crippen molar-refractivity contribution >= 4 is 23.9 Å². The number of nitrogens with one attached hydrogen (secondary N) is 2. The number of carbonyl (C=O) groups is 4. The van der Waals surface area contributed by atoms with Crippen LogP contribution in [0, 0.1) is 12.8 Å². The molecule has 0 radical (unpaired) electrons. The fourth-order valence-electron chi connectivity index (χ4n) is 4.81. The van der Waals surface area contributed by atoms with Gasteiger partial charge >= 0.3 is 12.1 Å². The summed E-state index contributed by atoms with van der Waals surface area (Å²) in [5.74, 6) is -1.99. The maximum Gasteiger partial charge on any atom is 0.408 e. The minimum absolute atomic E-state index is 0.0386. The van der Waals surface area contributed by atoms with Gasteiger partial charge in [0.05, 0.1) is 0 Å².